The van der Waals surface area contributed by atoms with Crippen LogP contribution in [0.4, 0.5) is 11.4 Å². The first-order valence-electron chi connectivity index (χ1n) is 5.26. The number of para-hydroxylation sites is 1. The van der Waals surface area contributed by atoms with Crippen molar-refractivity contribution in [1.82, 2.24) is 0 Å². The zero-order valence-electron chi connectivity index (χ0n) is 8.83. The summed E-state index contributed by atoms with van der Waals surface area (Å²) in [5, 5.41) is 12.2. The first-order chi connectivity index (χ1) is 7.20. The molecule has 0 amide bonds. The molecule has 0 radical (unpaired) electrons. The van der Waals surface area contributed by atoms with Crippen LogP contribution in [0.2, 0.25) is 0 Å². The molecule has 1 fully saturated rings. The minimum Gasteiger partial charge on any atom is -0.396 e. The van der Waals surface area contributed by atoms with Crippen LogP contribution in [0.15, 0.2) is 18.2 Å². The summed E-state index contributed by atoms with van der Waals surface area (Å²) < 4.78 is 0. The molecule has 1 aliphatic rings. The summed E-state index contributed by atoms with van der Waals surface area (Å²) in [6.45, 7) is 2.24. The Morgan fingerprint density at radius 1 is 1.47 bits per heavy atom. The number of hydrogen-bond donors (Lipinski definition) is 2. The Balaban J connectivity index is 2.12. The SMILES string of the molecule is CC1CC(Nc2cccc(C#N)c2N)C1. The predicted octanol–water partition coefficient (Wildman–Crippen LogP) is 2.35. The molecule has 78 valence electrons. The van der Waals surface area contributed by atoms with Gasteiger partial charge in [0.2, 0.25) is 0 Å². The Morgan fingerprint density at radius 3 is 2.80 bits per heavy atom. The first-order valence-corrected chi connectivity index (χ1v) is 5.26. The second-order valence-electron chi connectivity index (χ2n) is 4.30. The van der Waals surface area contributed by atoms with E-state index in [-0.39, 0.29) is 0 Å². The van der Waals surface area contributed by atoms with E-state index in [0.29, 0.717) is 17.3 Å². The summed E-state index contributed by atoms with van der Waals surface area (Å²) in [4.78, 5) is 0. The third-order valence-electron chi connectivity index (χ3n) is 2.96. The van der Waals surface area contributed by atoms with Crippen molar-refractivity contribution in [3.63, 3.8) is 0 Å². The fraction of sp³-hybridized carbons (Fsp3) is 0.417. The summed E-state index contributed by atoms with van der Waals surface area (Å²) in [5.74, 6) is 0.808. The van der Waals surface area contributed by atoms with Crippen molar-refractivity contribution in [3.05, 3.63) is 23.8 Å². The maximum atomic E-state index is 8.83. The number of nitrogens with zero attached hydrogens (tertiary/aromatic N) is 1. The molecule has 15 heavy (non-hydrogen) atoms. The third kappa shape index (κ3) is 1.89. The van der Waals surface area contributed by atoms with E-state index in [2.05, 4.69) is 18.3 Å². The number of benzene rings is 1. The summed E-state index contributed by atoms with van der Waals surface area (Å²) in [7, 11) is 0. The summed E-state index contributed by atoms with van der Waals surface area (Å²) in [6.07, 6.45) is 2.38. The zero-order chi connectivity index (χ0) is 10.8. The number of hydrogen-bond acceptors (Lipinski definition) is 3. The van der Waals surface area contributed by atoms with Gasteiger partial charge in [-0.05, 0) is 30.9 Å². The lowest BCUT2D eigenvalue weighted by molar-refractivity contribution is 0.309. The van der Waals surface area contributed by atoms with Gasteiger partial charge in [0.1, 0.15) is 6.07 Å². The second-order valence-corrected chi connectivity index (χ2v) is 4.30. The first kappa shape index (κ1) is 9.85. The largest absolute Gasteiger partial charge is 0.396 e. The van der Waals surface area contributed by atoms with E-state index in [1.54, 1.807) is 6.07 Å². The zero-order valence-corrected chi connectivity index (χ0v) is 8.83. The van der Waals surface area contributed by atoms with Gasteiger partial charge in [-0.3, -0.25) is 0 Å². The summed E-state index contributed by atoms with van der Waals surface area (Å²) in [5.41, 5.74) is 7.88. The van der Waals surface area contributed by atoms with E-state index in [9.17, 15) is 0 Å². The number of nitrogens with one attached hydrogen (secondary N) is 1. The number of nitriles is 1. The highest BCUT2D eigenvalue weighted by atomic mass is 15.0. The number of rotatable bonds is 2. The molecular weight excluding hydrogens is 186 g/mol. The van der Waals surface area contributed by atoms with Gasteiger partial charge in [-0.1, -0.05) is 13.0 Å². The molecule has 0 bridgehead atoms. The van der Waals surface area contributed by atoms with E-state index in [1.807, 2.05) is 12.1 Å². The molecule has 1 saturated carbocycles. The Kier molecular flexibility index (Phi) is 2.51. The highest BCUT2D eigenvalue weighted by Gasteiger charge is 2.25. The average Bonchev–Trinajstić information content (AvgIpc) is 2.18. The lowest BCUT2D eigenvalue weighted by Gasteiger charge is -2.34. The fourth-order valence-corrected chi connectivity index (χ4v) is 2.03. The molecule has 0 aliphatic heterocycles. The topological polar surface area (TPSA) is 61.8 Å². The standard InChI is InChI=1S/C12H15N3/c1-8-5-10(6-8)15-11-4-2-3-9(7-13)12(11)14/h2-4,8,10,15H,5-6,14H2,1H3. The smallest absolute Gasteiger partial charge is 0.101 e. The van der Waals surface area contributed by atoms with Gasteiger partial charge in [0, 0.05) is 6.04 Å². The molecule has 1 aromatic carbocycles. The van der Waals surface area contributed by atoms with Crippen molar-refractivity contribution in [2.75, 3.05) is 11.1 Å². The molecule has 0 heterocycles. The quantitative estimate of drug-likeness (QED) is 0.722. The van der Waals surface area contributed by atoms with Crippen molar-refractivity contribution < 1.29 is 0 Å². The highest BCUT2D eigenvalue weighted by Crippen LogP contribution is 2.31. The van der Waals surface area contributed by atoms with Gasteiger partial charge in [0.15, 0.2) is 0 Å². The summed E-state index contributed by atoms with van der Waals surface area (Å²) >= 11 is 0. The van der Waals surface area contributed by atoms with E-state index >= 15 is 0 Å². The molecule has 2 rings (SSSR count). The van der Waals surface area contributed by atoms with Gasteiger partial charge in [0.05, 0.1) is 16.9 Å². The number of nitrogen functional groups attached to an aromatic ring is 1. The number of anilines is 2. The van der Waals surface area contributed by atoms with Gasteiger partial charge in [0.25, 0.3) is 0 Å². The van der Waals surface area contributed by atoms with Gasteiger partial charge < -0.3 is 11.1 Å². The molecule has 3 nitrogen and oxygen atoms in total. The normalized spacial score (nSPS) is 24.0. The third-order valence-corrected chi connectivity index (χ3v) is 2.96. The Hall–Kier alpha value is -1.69. The van der Waals surface area contributed by atoms with E-state index in [4.69, 9.17) is 11.0 Å². The molecule has 3 heteroatoms. The van der Waals surface area contributed by atoms with Gasteiger partial charge in [-0.2, -0.15) is 5.26 Å². The minimum atomic E-state index is 0.524. The molecule has 0 saturated heterocycles. The molecule has 1 aromatic rings. The van der Waals surface area contributed by atoms with Crippen molar-refractivity contribution in [3.8, 4) is 6.07 Å². The Morgan fingerprint density at radius 2 is 2.20 bits per heavy atom. The monoisotopic (exact) mass is 201 g/mol. The molecule has 3 N–H and O–H groups in total. The number of nitrogens with two attached hydrogens (primary N) is 1. The van der Waals surface area contributed by atoms with Crippen molar-refractivity contribution in [2.45, 2.75) is 25.8 Å². The van der Waals surface area contributed by atoms with Crippen LogP contribution in [0, 0.1) is 17.2 Å². The van der Waals surface area contributed by atoms with Crippen LogP contribution in [-0.2, 0) is 0 Å². The van der Waals surface area contributed by atoms with E-state index < -0.39 is 0 Å². The van der Waals surface area contributed by atoms with Gasteiger partial charge in [-0.25, -0.2) is 0 Å². The molecule has 0 unspecified atom stereocenters. The Bertz CT molecular complexity index is 400. The van der Waals surface area contributed by atoms with Crippen LogP contribution in [0.3, 0.4) is 0 Å². The lowest BCUT2D eigenvalue weighted by Crippen LogP contribution is -2.34. The summed E-state index contributed by atoms with van der Waals surface area (Å²) in [6, 6.07) is 8.14. The highest BCUT2D eigenvalue weighted by molar-refractivity contribution is 5.73. The molecule has 1 aliphatic carbocycles. The van der Waals surface area contributed by atoms with E-state index in [0.717, 1.165) is 11.6 Å². The molecular formula is C12H15N3. The fourth-order valence-electron chi connectivity index (χ4n) is 2.03. The average molecular weight is 201 g/mol. The van der Waals surface area contributed by atoms with Crippen molar-refractivity contribution >= 4 is 11.4 Å². The van der Waals surface area contributed by atoms with Crippen LogP contribution in [0.25, 0.3) is 0 Å². The van der Waals surface area contributed by atoms with Crippen LogP contribution >= 0.6 is 0 Å². The maximum absolute atomic E-state index is 8.83. The van der Waals surface area contributed by atoms with Crippen molar-refractivity contribution in [1.29, 1.82) is 5.26 Å². The molecule has 0 atom stereocenters. The van der Waals surface area contributed by atoms with Crippen molar-refractivity contribution in [2.24, 2.45) is 5.92 Å². The molecule has 0 spiro atoms. The maximum Gasteiger partial charge on any atom is 0.101 e. The molecule has 0 aromatic heterocycles. The second kappa shape index (κ2) is 3.82. The lowest BCUT2D eigenvalue weighted by atomic mass is 9.82. The van der Waals surface area contributed by atoms with E-state index in [1.165, 1.54) is 12.8 Å². The predicted molar refractivity (Wildman–Crippen MR) is 61.4 cm³/mol. The van der Waals surface area contributed by atoms with Crippen LogP contribution in [-0.4, -0.2) is 6.04 Å². The van der Waals surface area contributed by atoms with Crippen LogP contribution in [0.1, 0.15) is 25.3 Å². The Labute approximate surface area is 89.9 Å². The minimum absolute atomic E-state index is 0.524. The van der Waals surface area contributed by atoms with Crippen LogP contribution < -0.4 is 11.1 Å². The van der Waals surface area contributed by atoms with Gasteiger partial charge >= 0.3 is 0 Å². The van der Waals surface area contributed by atoms with Crippen LogP contribution in [0.5, 0.6) is 0 Å². The van der Waals surface area contributed by atoms with Gasteiger partial charge in [-0.15, -0.1) is 0 Å².